The Kier molecular flexibility index (Phi) is 5.00. The normalized spacial score (nSPS) is 9.71. The van der Waals surface area contributed by atoms with E-state index in [1.54, 1.807) is 24.3 Å². The van der Waals surface area contributed by atoms with Gasteiger partial charge in [0.15, 0.2) is 0 Å². The van der Waals surface area contributed by atoms with Crippen molar-refractivity contribution in [3.8, 4) is 0 Å². The van der Waals surface area contributed by atoms with Crippen molar-refractivity contribution in [3.63, 3.8) is 0 Å². The van der Waals surface area contributed by atoms with Crippen LogP contribution < -0.4 is 16.4 Å². The lowest BCUT2D eigenvalue weighted by Crippen LogP contribution is -2.30. The molecule has 1 aromatic carbocycles. The number of anilines is 1. The first-order chi connectivity index (χ1) is 8.15. The van der Waals surface area contributed by atoms with Crippen LogP contribution in [-0.2, 0) is 0 Å². The van der Waals surface area contributed by atoms with Crippen LogP contribution in [0.15, 0.2) is 24.3 Å². The molecule has 1 aromatic rings. The fourth-order valence-corrected chi connectivity index (χ4v) is 1.35. The number of rotatable bonds is 5. The number of carbonyl (C=O) groups excluding carboxylic acids is 2. The fourth-order valence-electron chi connectivity index (χ4n) is 1.35. The highest BCUT2D eigenvalue weighted by Crippen LogP contribution is 2.13. The van der Waals surface area contributed by atoms with Crippen LogP contribution >= 0.6 is 0 Å². The topological polar surface area (TPSA) is 84.2 Å². The molecule has 0 heterocycles. The molecule has 0 saturated heterocycles. The molecular weight excluding hydrogens is 218 g/mol. The first kappa shape index (κ1) is 13.0. The maximum atomic E-state index is 11.5. The zero-order valence-corrected chi connectivity index (χ0v) is 9.82. The van der Waals surface area contributed by atoms with Gasteiger partial charge in [0.05, 0.1) is 11.3 Å². The van der Waals surface area contributed by atoms with Crippen molar-refractivity contribution in [1.29, 1.82) is 0 Å². The summed E-state index contributed by atoms with van der Waals surface area (Å²) >= 11 is 0. The molecule has 4 N–H and O–H groups in total. The number of primary amides is 1. The van der Waals surface area contributed by atoms with Crippen LogP contribution in [0.3, 0.4) is 0 Å². The first-order valence-corrected chi connectivity index (χ1v) is 5.58. The van der Waals surface area contributed by atoms with Crippen molar-refractivity contribution in [1.82, 2.24) is 5.32 Å². The van der Waals surface area contributed by atoms with Gasteiger partial charge in [-0.2, -0.15) is 0 Å². The largest absolute Gasteiger partial charge is 0.366 e. The molecule has 5 nitrogen and oxygen atoms in total. The van der Waals surface area contributed by atoms with Crippen LogP contribution in [0.4, 0.5) is 10.5 Å². The summed E-state index contributed by atoms with van der Waals surface area (Å²) in [6.07, 6.45) is 1.93. The summed E-state index contributed by atoms with van der Waals surface area (Å²) in [6, 6.07) is 6.31. The van der Waals surface area contributed by atoms with Crippen molar-refractivity contribution in [2.24, 2.45) is 5.73 Å². The summed E-state index contributed by atoms with van der Waals surface area (Å²) in [5, 5.41) is 5.30. The van der Waals surface area contributed by atoms with E-state index in [2.05, 4.69) is 10.6 Å². The van der Waals surface area contributed by atoms with Gasteiger partial charge in [-0.15, -0.1) is 0 Å². The SMILES string of the molecule is CCCCNC(=O)Nc1ccccc1C(N)=O. The monoisotopic (exact) mass is 235 g/mol. The van der Waals surface area contributed by atoms with E-state index in [0.717, 1.165) is 12.8 Å². The maximum Gasteiger partial charge on any atom is 0.319 e. The number of amides is 3. The van der Waals surface area contributed by atoms with Crippen LogP contribution in [0.1, 0.15) is 30.1 Å². The number of hydrogen-bond acceptors (Lipinski definition) is 2. The highest BCUT2D eigenvalue weighted by Gasteiger charge is 2.09. The number of urea groups is 1. The van der Waals surface area contributed by atoms with Crippen LogP contribution in [0.5, 0.6) is 0 Å². The maximum absolute atomic E-state index is 11.5. The van der Waals surface area contributed by atoms with E-state index in [9.17, 15) is 9.59 Å². The van der Waals surface area contributed by atoms with Gasteiger partial charge in [0.1, 0.15) is 0 Å². The molecule has 0 aliphatic heterocycles. The molecule has 3 amide bonds. The molecule has 0 radical (unpaired) electrons. The van der Waals surface area contributed by atoms with Crippen LogP contribution in [-0.4, -0.2) is 18.5 Å². The number of hydrogen-bond donors (Lipinski definition) is 3. The van der Waals surface area contributed by atoms with E-state index in [1.807, 2.05) is 6.92 Å². The molecule has 0 spiro atoms. The predicted octanol–water partition coefficient (Wildman–Crippen LogP) is 1.71. The standard InChI is InChI=1S/C12H17N3O2/c1-2-3-8-14-12(17)15-10-7-5-4-6-9(10)11(13)16/h4-7H,2-3,8H2,1H3,(H2,13,16)(H2,14,15,17). The van der Waals surface area contributed by atoms with E-state index in [0.29, 0.717) is 17.8 Å². The third kappa shape index (κ3) is 4.14. The molecule has 0 aliphatic rings. The van der Waals surface area contributed by atoms with Gasteiger partial charge in [0.2, 0.25) is 0 Å². The number of unbranched alkanes of at least 4 members (excludes halogenated alkanes) is 1. The minimum Gasteiger partial charge on any atom is -0.366 e. The van der Waals surface area contributed by atoms with Gasteiger partial charge in [-0.05, 0) is 18.6 Å². The van der Waals surface area contributed by atoms with Gasteiger partial charge in [0.25, 0.3) is 5.91 Å². The Morgan fingerprint density at radius 3 is 2.65 bits per heavy atom. The third-order valence-electron chi connectivity index (χ3n) is 2.26. The molecule has 0 aliphatic carbocycles. The predicted molar refractivity (Wildman–Crippen MR) is 66.9 cm³/mol. The minimum atomic E-state index is -0.561. The van der Waals surface area contributed by atoms with Crippen molar-refractivity contribution in [3.05, 3.63) is 29.8 Å². The first-order valence-electron chi connectivity index (χ1n) is 5.58. The quantitative estimate of drug-likeness (QED) is 0.679. The van der Waals surface area contributed by atoms with E-state index in [-0.39, 0.29) is 6.03 Å². The van der Waals surface area contributed by atoms with E-state index >= 15 is 0 Å². The smallest absolute Gasteiger partial charge is 0.319 e. The summed E-state index contributed by atoms with van der Waals surface area (Å²) < 4.78 is 0. The molecule has 0 aromatic heterocycles. The average Bonchev–Trinajstić information content (AvgIpc) is 2.29. The molecule has 92 valence electrons. The van der Waals surface area contributed by atoms with Gasteiger partial charge in [-0.1, -0.05) is 25.5 Å². The second-order valence-electron chi connectivity index (χ2n) is 3.64. The molecule has 0 fully saturated rings. The van der Waals surface area contributed by atoms with E-state index in [4.69, 9.17) is 5.73 Å². The van der Waals surface area contributed by atoms with Crippen molar-refractivity contribution in [2.75, 3.05) is 11.9 Å². The van der Waals surface area contributed by atoms with Gasteiger partial charge in [-0.3, -0.25) is 4.79 Å². The van der Waals surface area contributed by atoms with Gasteiger partial charge < -0.3 is 16.4 Å². The summed E-state index contributed by atoms with van der Waals surface area (Å²) in [6.45, 7) is 2.66. The summed E-state index contributed by atoms with van der Waals surface area (Å²) in [5.74, 6) is -0.561. The third-order valence-corrected chi connectivity index (χ3v) is 2.26. The van der Waals surface area contributed by atoms with E-state index < -0.39 is 5.91 Å². The molecular formula is C12H17N3O2. The van der Waals surface area contributed by atoms with Crippen LogP contribution in [0.2, 0.25) is 0 Å². The van der Waals surface area contributed by atoms with Crippen molar-refractivity contribution in [2.45, 2.75) is 19.8 Å². The molecule has 1 rings (SSSR count). The Hall–Kier alpha value is -2.04. The second-order valence-corrected chi connectivity index (χ2v) is 3.64. The number of para-hydroxylation sites is 1. The Balaban J connectivity index is 2.61. The number of nitrogens with one attached hydrogen (secondary N) is 2. The fraction of sp³-hybridized carbons (Fsp3) is 0.333. The summed E-state index contributed by atoms with van der Waals surface area (Å²) in [5.41, 5.74) is 5.93. The molecule has 0 bridgehead atoms. The second kappa shape index (κ2) is 6.52. The highest BCUT2D eigenvalue weighted by molar-refractivity contribution is 6.02. The number of nitrogens with two attached hydrogens (primary N) is 1. The van der Waals surface area contributed by atoms with Crippen molar-refractivity contribution >= 4 is 17.6 Å². The molecule has 0 saturated carbocycles. The van der Waals surface area contributed by atoms with Crippen LogP contribution in [0.25, 0.3) is 0 Å². The Morgan fingerprint density at radius 2 is 2.00 bits per heavy atom. The summed E-state index contributed by atoms with van der Waals surface area (Å²) in [4.78, 5) is 22.6. The lowest BCUT2D eigenvalue weighted by Gasteiger charge is -2.09. The van der Waals surface area contributed by atoms with Gasteiger partial charge in [-0.25, -0.2) is 4.79 Å². The zero-order chi connectivity index (χ0) is 12.7. The van der Waals surface area contributed by atoms with E-state index in [1.165, 1.54) is 0 Å². The number of carbonyl (C=O) groups is 2. The van der Waals surface area contributed by atoms with Crippen LogP contribution in [0, 0.1) is 0 Å². The Bertz CT molecular complexity index is 404. The number of benzene rings is 1. The van der Waals surface area contributed by atoms with Crippen molar-refractivity contribution < 1.29 is 9.59 Å². The molecule has 0 unspecified atom stereocenters. The minimum absolute atomic E-state index is 0.304. The van der Waals surface area contributed by atoms with Gasteiger partial charge >= 0.3 is 6.03 Å². The summed E-state index contributed by atoms with van der Waals surface area (Å²) in [7, 11) is 0. The average molecular weight is 235 g/mol. The Morgan fingerprint density at radius 1 is 1.29 bits per heavy atom. The Labute approximate surface area is 100 Å². The molecule has 5 heteroatoms. The highest BCUT2D eigenvalue weighted by atomic mass is 16.2. The lowest BCUT2D eigenvalue weighted by molar-refractivity contribution is 0.100. The lowest BCUT2D eigenvalue weighted by atomic mass is 10.1. The molecule has 17 heavy (non-hydrogen) atoms. The zero-order valence-electron chi connectivity index (χ0n) is 9.82. The molecule has 0 atom stereocenters. The van der Waals surface area contributed by atoms with Gasteiger partial charge in [0, 0.05) is 6.54 Å².